The van der Waals surface area contributed by atoms with Gasteiger partial charge in [0.2, 0.25) is 5.91 Å². The van der Waals surface area contributed by atoms with Crippen molar-refractivity contribution in [3.63, 3.8) is 0 Å². The van der Waals surface area contributed by atoms with Crippen LogP contribution in [-0.2, 0) is 12.7 Å². The number of piperazine rings is 1. The number of hydrogen-bond donors (Lipinski definition) is 2. The standard InChI is InChI=1S/C14H18F3N3O/c1-9-7-20(5-4-19-9)8-11-3-2-10(13(18)21)6-12(11)14(15,16)17/h2-3,6,9,19H,4-5,7-8H2,1H3,(H2,18,21)/t9-/m1/s1. The van der Waals surface area contributed by atoms with Crippen LogP contribution < -0.4 is 11.1 Å². The maximum absolute atomic E-state index is 13.1. The van der Waals surface area contributed by atoms with Gasteiger partial charge in [-0.15, -0.1) is 0 Å². The van der Waals surface area contributed by atoms with Crippen LogP contribution in [0.15, 0.2) is 18.2 Å². The molecule has 1 heterocycles. The minimum absolute atomic E-state index is 0.125. The molecule has 0 spiro atoms. The predicted octanol–water partition coefficient (Wildman–Crippen LogP) is 1.60. The first-order valence-electron chi connectivity index (χ1n) is 6.73. The van der Waals surface area contributed by atoms with E-state index < -0.39 is 17.6 Å². The van der Waals surface area contributed by atoms with E-state index in [4.69, 9.17) is 5.73 Å². The van der Waals surface area contributed by atoms with Gasteiger partial charge in [0.25, 0.3) is 0 Å². The molecule has 1 aromatic carbocycles. The fraction of sp³-hybridized carbons (Fsp3) is 0.500. The number of hydrogen-bond acceptors (Lipinski definition) is 3. The SMILES string of the molecule is C[C@@H]1CN(Cc2ccc(C(N)=O)cc2C(F)(F)F)CCN1. The van der Waals surface area contributed by atoms with Crippen molar-refractivity contribution in [2.75, 3.05) is 19.6 Å². The molecule has 3 N–H and O–H groups in total. The Bertz CT molecular complexity index is 531. The van der Waals surface area contributed by atoms with Crippen molar-refractivity contribution in [3.8, 4) is 0 Å². The average Bonchev–Trinajstić information content (AvgIpc) is 2.37. The maximum atomic E-state index is 13.1. The van der Waals surface area contributed by atoms with Gasteiger partial charge in [0, 0.05) is 37.8 Å². The first-order chi connectivity index (χ1) is 9.77. The zero-order chi connectivity index (χ0) is 15.6. The van der Waals surface area contributed by atoms with Crippen molar-refractivity contribution in [2.24, 2.45) is 5.73 Å². The van der Waals surface area contributed by atoms with Crippen molar-refractivity contribution in [2.45, 2.75) is 25.7 Å². The van der Waals surface area contributed by atoms with Crippen molar-refractivity contribution >= 4 is 5.91 Å². The second-order valence-corrected chi connectivity index (χ2v) is 5.32. The highest BCUT2D eigenvalue weighted by Gasteiger charge is 2.34. The van der Waals surface area contributed by atoms with Gasteiger partial charge in [-0.3, -0.25) is 9.69 Å². The number of carbonyl (C=O) groups excluding carboxylic acids is 1. The van der Waals surface area contributed by atoms with Gasteiger partial charge in [0.1, 0.15) is 0 Å². The number of carbonyl (C=O) groups is 1. The molecule has 0 saturated carbocycles. The summed E-state index contributed by atoms with van der Waals surface area (Å²) < 4.78 is 39.4. The molecule has 1 aromatic rings. The van der Waals surface area contributed by atoms with Gasteiger partial charge in [-0.1, -0.05) is 6.07 Å². The molecule has 0 bridgehead atoms. The highest BCUT2D eigenvalue weighted by atomic mass is 19.4. The summed E-state index contributed by atoms with van der Waals surface area (Å²) in [6, 6.07) is 3.77. The Morgan fingerprint density at radius 1 is 1.48 bits per heavy atom. The Labute approximate surface area is 121 Å². The number of nitrogens with zero attached hydrogens (tertiary/aromatic N) is 1. The van der Waals surface area contributed by atoms with Gasteiger partial charge in [0.05, 0.1) is 5.56 Å². The second-order valence-electron chi connectivity index (χ2n) is 5.32. The minimum Gasteiger partial charge on any atom is -0.366 e. The van der Waals surface area contributed by atoms with Crippen LogP contribution in [-0.4, -0.2) is 36.5 Å². The van der Waals surface area contributed by atoms with Crippen molar-refractivity contribution in [1.29, 1.82) is 0 Å². The lowest BCUT2D eigenvalue weighted by atomic mass is 10.0. The van der Waals surface area contributed by atoms with Crippen LogP contribution in [0.2, 0.25) is 0 Å². The Balaban J connectivity index is 2.27. The van der Waals surface area contributed by atoms with Crippen molar-refractivity contribution in [3.05, 3.63) is 34.9 Å². The number of primary amides is 1. The van der Waals surface area contributed by atoms with Gasteiger partial charge in [-0.2, -0.15) is 13.2 Å². The fourth-order valence-electron chi connectivity index (χ4n) is 2.53. The third kappa shape index (κ3) is 3.95. The predicted molar refractivity (Wildman–Crippen MR) is 72.7 cm³/mol. The third-order valence-electron chi connectivity index (χ3n) is 3.55. The summed E-state index contributed by atoms with van der Waals surface area (Å²) in [7, 11) is 0. The average molecular weight is 301 g/mol. The highest BCUT2D eigenvalue weighted by Crippen LogP contribution is 2.33. The van der Waals surface area contributed by atoms with Gasteiger partial charge in [0.15, 0.2) is 0 Å². The largest absolute Gasteiger partial charge is 0.416 e. The van der Waals surface area contributed by atoms with Crippen molar-refractivity contribution < 1.29 is 18.0 Å². The number of nitrogens with two attached hydrogens (primary N) is 1. The van der Waals surface area contributed by atoms with Crippen LogP contribution in [0.25, 0.3) is 0 Å². The van der Waals surface area contributed by atoms with Gasteiger partial charge < -0.3 is 11.1 Å². The van der Waals surface area contributed by atoms with E-state index in [1.165, 1.54) is 12.1 Å². The molecule has 7 heteroatoms. The molecular formula is C14H18F3N3O. The maximum Gasteiger partial charge on any atom is 0.416 e. The van der Waals surface area contributed by atoms with Crippen LogP contribution in [0.4, 0.5) is 13.2 Å². The Morgan fingerprint density at radius 3 is 2.76 bits per heavy atom. The monoisotopic (exact) mass is 301 g/mol. The lowest BCUT2D eigenvalue weighted by molar-refractivity contribution is -0.138. The van der Waals surface area contributed by atoms with E-state index in [1.807, 2.05) is 11.8 Å². The van der Waals surface area contributed by atoms with Crippen LogP contribution in [0, 0.1) is 0 Å². The number of amides is 1. The zero-order valence-corrected chi connectivity index (χ0v) is 11.7. The number of halogens is 3. The normalized spacial score (nSPS) is 20.5. The van der Waals surface area contributed by atoms with Gasteiger partial charge >= 0.3 is 6.18 Å². The van der Waals surface area contributed by atoms with E-state index in [-0.39, 0.29) is 23.7 Å². The summed E-state index contributed by atoms with van der Waals surface area (Å²) in [5, 5.41) is 3.24. The molecule has 1 saturated heterocycles. The Hall–Kier alpha value is -1.60. The molecule has 1 amide bonds. The molecule has 0 aliphatic carbocycles. The molecule has 0 unspecified atom stereocenters. The fourth-order valence-corrected chi connectivity index (χ4v) is 2.53. The lowest BCUT2D eigenvalue weighted by Gasteiger charge is -2.32. The first-order valence-corrected chi connectivity index (χ1v) is 6.73. The Morgan fingerprint density at radius 2 is 2.19 bits per heavy atom. The first kappa shape index (κ1) is 15.8. The molecule has 1 aliphatic rings. The van der Waals surface area contributed by atoms with E-state index in [0.29, 0.717) is 13.1 Å². The molecule has 0 aromatic heterocycles. The third-order valence-corrected chi connectivity index (χ3v) is 3.55. The van der Waals surface area contributed by atoms with Crippen molar-refractivity contribution in [1.82, 2.24) is 10.2 Å². The Kier molecular flexibility index (Phi) is 4.53. The van der Waals surface area contributed by atoms with E-state index in [0.717, 1.165) is 12.6 Å². The lowest BCUT2D eigenvalue weighted by Crippen LogP contribution is -2.48. The summed E-state index contributed by atoms with van der Waals surface area (Å²) in [4.78, 5) is 13.0. The molecule has 1 atom stereocenters. The highest BCUT2D eigenvalue weighted by molar-refractivity contribution is 5.93. The van der Waals surface area contributed by atoms with Crippen LogP contribution in [0.1, 0.15) is 28.4 Å². The smallest absolute Gasteiger partial charge is 0.366 e. The van der Waals surface area contributed by atoms with Gasteiger partial charge in [-0.05, 0) is 24.6 Å². The number of nitrogens with one attached hydrogen (secondary N) is 1. The molecule has 1 aliphatic heterocycles. The topological polar surface area (TPSA) is 58.4 Å². The van der Waals surface area contributed by atoms with E-state index >= 15 is 0 Å². The zero-order valence-electron chi connectivity index (χ0n) is 11.7. The quantitative estimate of drug-likeness (QED) is 0.891. The minimum atomic E-state index is -4.50. The van der Waals surface area contributed by atoms with Crippen LogP contribution >= 0.6 is 0 Å². The molecule has 21 heavy (non-hydrogen) atoms. The number of alkyl halides is 3. The molecule has 1 fully saturated rings. The van der Waals surface area contributed by atoms with E-state index in [1.54, 1.807) is 0 Å². The van der Waals surface area contributed by atoms with E-state index in [9.17, 15) is 18.0 Å². The van der Waals surface area contributed by atoms with Crippen LogP contribution in [0.5, 0.6) is 0 Å². The second kappa shape index (κ2) is 6.03. The van der Waals surface area contributed by atoms with Crippen LogP contribution in [0.3, 0.4) is 0 Å². The number of benzene rings is 1. The summed E-state index contributed by atoms with van der Waals surface area (Å²) in [5.74, 6) is -0.858. The molecule has 0 radical (unpaired) electrons. The molecule has 4 nitrogen and oxygen atoms in total. The summed E-state index contributed by atoms with van der Waals surface area (Å²) in [6.45, 7) is 4.34. The van der Waals surface area contributed by atoms with Gasteiger partial charge in [-0.25, -0.2) is 0 Å². The molecular weight excluding hydrogens is 283 g/mol. The number of rotatable bonds is 3. The van der Waals surface area contributed by atoms with E-state index in [2.05, 4.69) is 5.32 Å². The summed E-state index contributed by atoms with van der Waals surface area (Å²) >= 11 is 0. The summed E-state index contributed by atoms with van der Waals surface area (Å²) in [5.41, 5.74) is 4.31. The summed E-state index contributed by atoms with van der Waals surface area (Å²) in [6.07, 6.45) is -4.50. The molecule has 2 rings (SSSR count). The molecule has 116 valence electrons.